The fourth-order valence-corrected chi connectivity index (χ4v) is 3.29. The summed E-state index contributed by atoms with van der Waals surface area (Å²) >= 11 is 1.64. The van der Waals surface area contributed by atoms with E-state index in [1.807, 2.05) is 46.5 Å². The first-order valence-corrected chi connectivity index (χ1v) is 7.98. The van der Waals surface area contributed by atoms with Crippen molar-refractivity contribution in [3.63, 3.8) is 0 Å². The van der Waals surface area contributed by atoms with Gasteiger partial charge in [-0.25, -0.2) is 9.67 Å². The van der Waals surface area contributed by atoms with Crippen LogP contribution in [0.1, 0.15) is 24.6 Å². The van der Waals surface area contributed by atoms with Crippen LogP contribution in [-0.4, -0.2) is 26.0 Å². The van der Waals surface area contributed by atoms with Gasteiger partial charge < -0.3 is 5.11 Å². The van der Waals surface area contributed by atoms with Crippen molar-refractivity contribution in [3.05, 3.63) is 53.0 Å². The van der Waals surface area contributed by atoms with E-state index < -0.39 is 0 Å². The molecule has 1 aromatic carbocycles. The van der Waals surface area contributed by atoms with Crippen LogP contribution in [0.5, 0.6) is 0 Å². The number of aliphatic hydroxyl groups is 1. The van der Waals surface area contributed by atoms with E-state index in [-0.39, 0.29) is 6.10 Å². The largest absolute Gasteiger partial charge is 0.393 e. The van der Waals surface area contributed by atoms with Crippen molar-refractivity contribution in [1.29, 1.82) is 0 Å². The number of para-hydroxylation sites is 1. The van der Waals surface area contributed by atoms with Crippen LogP contribution in [0, 0.1) is 0 Å². The third-order valence-corrected chi connectivity index (χ3v) is 4.57. The number of thiophene rings is 1. The van der Waals surface area contributed by atoms with E-state index in [0.717, 1.165) is 35.7 Å². The van der Waals surface area contributed by atoms with E-state index in [1.54, 1.807) is 11.3 Å². The number of nitrogens with zero attached hydrogens (tertiary/aromatic N) is 3. The quantitative estimate of drug-likeness (QED) is 0.807. The summed E-state index contributed by atoms with van der Waals surface area (Å²) in [5, 5.41) is 18.4. The highest BCUT2D eigenvalue weighted by Crippen LogP contribution is 2.37. The molecule has 0 bridgehead atoms. The Balaban J connectivity index is 1.80. The molecule has 106 valence electrons. The maximum atomic E-state index is 9.58. The molecular weight excluding hydrogens is 282 g/mol. The van der Waals surface area contributed by atoms with E-state index in [0.29, 0.717) is 5.92 Å². The molecule has 0 radical (unpaired) electrons. The zero-order valence-electron chi connectivity index (χ0n) is 11.4. The number of aliphatic hydroxyl groups excluding tert-OH is 1. The van der Waals surface area contributed by atoms with Crippen molar-refractivity contribution in [2.45, 2.75) is 24.9 Å². The van der Waals surface area contributed by atoms with E-state index in [4.69, 9.17) is 4.98 Å². The highest BCUT2D eigenvalue weighted by molar-refractivity contribution is 7.08. The molecule has 21 heavy (non-hydrogen) atoms. The number of hydrogen-bond donors (Lipinski definition) is 1. The van der Waals surface area contributed by atoms with Gasteiger partial charge in [0.1, 0.15) is 5.82 Å². The second-order valence-electron chi connectivity index (χ2n) is 5.38. The second-order valence-corrected chi connectivity index (χ2v) is 6.16. The molecule has 4 nitrogen and oxygen atoms in total. The first kappa shape index (κ1) is 12.7. The van der Waals surface area contributed by atoms with Crippen LogP contribution in [0.25, 0.3) is 17.1 Å². The van der Waals surface area contributed by atoms with Crippen LogP contribution in [-0.2, 0) is 0 Å². The average Bonchev–Trinajstić information content (AvgIpc) is 3.14. The maximum absolute atomic E-state index is 9.58. The van der Waals surface area contributed by atoms with E-state index in [2.05, 4.69) is 10.5 Å². The van der Waals surface area contributed by atoms with Crippen LogP contribution in [0.3, 0.4) is 0 Å². The lowest BCUT2D eigenvalue weighted by Crippen LogP contribution is -2.28. The minimum absolute atomic E-state index is 0.194. The molecule has 0 atom stereocenters. The van der Waals surface area contributed by atoms with Crippen molar-refractivity contribution in [3.8, 4) is 17.1 Å². The third kappa shape index (κ3) is 2.28. The zero-order valence-corrected chi connectivity index (χ0v) is 12.2. The molecule has 2 heterocycles. The summed E-state index contributed by atoms with van der Waals surface area (Å²) in [6.07, 6.45) is 1.35. The van der Waals surface area contributed by atoms with Gasteiger partial charge in [-0.1, -0.05) is 18.2 Å². The highest BCUT2D eigenvalue weighted by atomic mass is 32.1. The predicted molar refractivity (Wildman–Crippen MR) is 82.7 cm³/mol. The topological polar surface area (TPSA) is 50.9 Å². The standard InChI is InChI=1S/C16H15N3OS/c20-14-8-12(9-14)16-17-15(11-6-7-21-10-11)18-19(16)13-4-2-1-3-5-13/h1-7,10,12,14,20H,8-9H2. The van der Waals surface area contributed by atoms with E-state index in [9.17, 15) is 5.11 Å². The third-order valence-electron chi connectivity index (χ3n) is 3.89. The molecule has 0 amide bonds. The van der Waals surface area contributed by atoms with E-state index >= 15 is 0 Å². The van der Waals surface area contributed by atoms with Crippen LogP contribution in [0.4, 0.5) is 0 Å². The minimum Gasteiger partial charge on any atom is -0.393 e. The molecule has 1 fully saturated rings. The van der Waals surface area contributed by atoms with Crippen molar-refractivity contribution in [2.75, 3.05) is 0 Å². The number of benzene rings is 1. The Bertz CT molecular complexity index is 730. The molecule has 0 spiro atoms. The van der Waals surface area contributed by atoms with Gasteiger partial charge in [-0.2, -0.15) is 11.3 Å². The maximum Gasteiger partial charge on any atom is 0.182 e. The van der Waals surface area contributed by atoms with Gasteiger partial charge in [-0.05, 0) is 36.4 Å². The Morgan fingerprint density at radius 1 is 1.14 bits per heavy atom. The molecule has 2 aromatic heterocycles. The lowest BCUT2D eigenvalue weighted by atomic mass is 9.82. The number of hydrogen-bond acceptors (Lipinski definition) is 4. The summed E-state index contributed by atoms with van der Waals surface area (Å²) in [5.41, 5.74) is 2.07. The van der Waals surface area contributed by atoms with Crippen molar-refractivity contribution >= 4 is 11.3 Å². The molecule has 1 aliphatic rings. The highest BCUT2D eigenvalue weighted by Gasteiger charge is 2.33. The molecule has 5 heteroatoms. The first-order valence-electron chi connectivity index (χ1n) is 7.04. The Kier molecular flexibility index (Phi) is 3.09. The SMILES string of the molecule is OC1CC(c2nc(-c3ccsc3)nn2-c2ccccc2)C1. The van der Waals surface area contributed by atoms with E-state index in [1.165, 1.54) is 0 Å². The van der Waals surface area contributed by atoms with Gasteiger partial charge in [0.2, 0.25) is 0 Å². The number of aromatic nitrogens is 3. The van der Waals surface area contributed by atoms with Gasteiger partial charge in [-0.3, -0.25) is 0 Å². The average molecular weight is 297 g/mol. The van der Waals surface area contributed by atoms with Crippen LogP contribution in [0.2, 0.25) is 0 Å². The Labute approximate surface area is 126 Å². The molecular formula is C16H15N3OS. The van der Waals surface area contributed by atoms with Gasteiger partial charge in [-0.15, -0.1) is 5.10 Å². The lowest BCUT2D eigenvalue weighted by Gasteiger charge is -2.30. The van der Waals surface area contributed by atoms with Crippen molar-refractivity contribution < 1.29 is 5.11 Å². The monoisotopic (exact) mass is 297 g/mol. The summed E-state index contributed by atoms with van der Waals surface area (Å²) in [7, 11) is 0. The summed E-state index contributed by atoms with van der Waals surface area (Å²) in [5.74, 6) is 2.00. The fraction of sp³-hybridized carbons (Fsp3) is 0.250. The van der Waals surface area contributed by atoms with Crippen LogP contribution < -0.4 is 0 Å². The minimum atomic E-state index is -0.194. The van der Waals surface area contributed by atoms with Gasteiger partial charge >= 0.3 is 0 Å². The van der Waals surface area contributed by atoms with Gasteiger partial charge in [0, 0.05) is 16.9 Å². The van der Waals surface area contributed by atoms with Gasteiger partial charge in [0.25, 0.3) is 0 Å². The van der Waals surface area contributed by atoms with Crippen LogP contribution >= 0.6 is 11.3 Å². The molecule has 4 rings (SSSR count). The molecule has 1 aliphatic carbocycles. The molecule has 0 saturated heterocycles. The fourth-order valence-electron chi connectivity index (χ4n) is 2.66. The summed E-state index contributed by atoms with van der Waals surface area (Å²) in [4.78, 5) is 4.73. The van der Waals surface area contributed by atoms with Gasteiger partial charge in [0.05, 0.1) is 11.8 Å². The van der Waals surface area contributed by atoms with Crippen molar-refractivity contribution in [2.24, 2.45) is 0 Å². The Hall–Kier alpha value is -1.98. The second kappa shape index (κ2) is 5.09. The summed E-state index contributed by atoms with van der Waals surface area (Å²) in [6, 6.07) is 12.1. The van der Waals surface area contributed by atoms with Crippen LogP contribution in [0.15, 0.2) is 47.2 Å². The predicted octanol–water partition coefficient (Wildman–Crippen LogP) is 3.23. The normalized spacial score (nSPS) is 21.2. The molecule has 1 saturated carbocycles. The molecule has 1 N–H and O–H groups in total. The number of rotatable bonds is 3. The van der Waals surface area contributed by atoms with Gasteiger partial charge in [0.15, 0.2) is 5.82 Å². The summed E-state index contributed by atoms with van der Waals surface area (Å²) in [6.45, 7) is 0. The lowest BCUT2D eigenvalue weighted by molar-refractivity contribution is 0.0709. The Morgan fingerprint density at radius 2 is 1.95 bits per heavy atom. The van der Waals surface area contributed by atoms with Crippen molar-refractivity contribution in [1.82, 2.24) is 14.8 Å². The molecule has 3 aromatic rings. The summed E-state index contributed by atoms with van der Waals surface area (Å²) < 4.78 is 1.92. The molecule has 0 unspecified atom stereocenters. The Morgan fingerprint density at radius 3 is 2.62 bits per heavy atom. The zero-order chi connectivity index (χ0) is 14.2. The molecule has 0 aliphatic heterocycles. The smallest absolute Gasteiger partial charge is 0.182 e. The first-order chi connectivity index (χ1) is 10.3.